The molecule has 0 aliphatic heterocycles. The van der Waals surface area contributed by atoms with E-state index in [1.807, 2.05) is 0 Å². The van der Waals surface area contributed by atoms with Crippen molar-refractivity contribution in [2.75, 3.05) is 4.72 Å². The number of halogens is 3. The summed E-state index contributed by atoms with van der Waals surface area (Å²) in [5.41, 5.74) is 0.236. The van der Waals surface area contributed by atoms with Gasteiger partial charge in [-0.25, -0.2) is 8.42 Å². The van der Waals surface area contributed by atoms with Crippen LogP contribution in [-0.2, 0) is 16.6 Å². The molecule has 0 bridgehead atoms. The smallest absolute Gasteiger partial charge is 0.263 e. The van der Waals surface area contributed by atoms with Crippen molar-refractivity contribution >= 4 is 66.2 Å². The summed E-state index contributed by atoms with van der Waals surface area (Å²) >= 11 is 16.0. The highest BCUT2D eigenvalue weighted by Crippen LogP contribution is 2.34. The highest BCUT2D eigenvalue weighted by atomic mass is 79.9. The number of sulfonamides is 1. The third kappa shape index (κ3) is 3.47. The number of hydrogen-bond donors (Lipinski definition) is 2. The largest absolute Gasteiger partial charge is 0.391 e. The van der Waals surface area contributed by atoms with Gasteiger partial charge in [-0.1, -0.05) is 23.2 Å². The zero-order valence-corrected chi connectivity index (χ0v) is 14.5. The van der Waals surface area contributed by atoms with Crippen LogP contribution < -0.4 is 4.72 Å². The van der Waals surface area contributed by atoms with E-state index in [1.165, 1.54) is 24.3 Å². The second-order valence-electron chi connectivity index (χ2n) is 3.74. The van der Waals surface area contributed by atoms with Crippen molar-refractivity contribution in [3.8, 4) is 0 Å². The van der Waals surface area contributed by atoms with E-state index < -0.39 is 10.0 Å². The van der Waals surface area contributed by atoms with Crippen molar-refractivity contribution in [2.45, 2.75) is 11.5 Å². The molecule has 2 N–H and O–H groups in total. The predicted molar refractivity (Wildman–Crippen MR) is 85.2 cm³/mol. The maximum Gasteiger partial charge on any atom is 0.263 e. The maximum absolute atomic E-state index is 12.3. The quantitative estimate of drug-likeness (QED) is 0.787. The van der Waals surface area contributed by atoms with Gasteiger partial charge in [-0.3, -0.25) is 4.72 Å². The number of benzene rings is 1. The monoisotopic (exact) mass is 415 g/mol. The Hall–Kier alpha value is -0.310. The highest BCUT2D eigenvalue weighted by Gasteiger charge is 2.21. The lowest BCUT2D eigenvalue weighted by molar-refractivity contribution is 0.285. The fraction of sp³-hybridized carbons (Fsp3) is 0.0909. The van der Waals surface area contributed by atoms with E-state index in [-0.39, 0.29) is 22.2 Å². The molecule has 9 heteroatoms. The Bertz CT molecular complexity index is 746. The highest BCUT2D eigenvalue weighted by molar-refractivity contribution is 9.11. The molecule has 4 nitrogen and oxygen atoms in total. The number of hydrogen-bond acceptors (Lipinski definition) is 4. The lowest BCUT2D eigenvalue weighted by Crippen LogP contribution is -2.13. The Morgan fingerprint density at radius 2 is 2.00 bits per heavy atom. The normalized spacial score (nSPS) is 11.6. The molecule has 0 amide bonds. The second-order valence-corrected chi connectivity index (χ2v) is 8.69. The van der Waals surface area contributed by atoms with Crippen molar-refractivity contribution in [3.63, 3.8) is 0 Å². The van der Waals surface area contributed by atoms with Crippen LogP contribution in [0.5, 0.6) is 0 Å². The first-order chi connectivity index (χ1) is 9.33. The molecule has 1 heterocycles. The van der Waals surface area contributed by atoms with Crippen molar-refractivity contribution in [2.24, 2.45) is 0 Å². The van der Waals surface area contributed by atoms with Crippen LogP contribution >= 0.6 is 50.5 Å². The van der Waals surface area contributed by atoms with Crippen molar-refractivity contribution in [1.29, 1.82) is 0 Å². The number of aliphatic hydroxyl groups excluding tert-OH is 1. The molecule has 0 aliphatic carbocycles. The Balaban J connectivity index is 2.38. The van der Waals surface area contributed by atoms with Gasteiger partial charge in [0.2, 0.25) is 0 Å². The summed E-state index contributed by atoms with van der Waals surface area (Å²) in [4.78, 5) is 0.594. The van der Waals surface area contributed by atoms with Gasteiger partial charge in [-0.15, -0.1) is 11.3 Å². The van der Waals surface area contributed by atoms with Gasteiger partial charge in [0.25, 0.3) is 10.0 Å². The number of aliphatic hydroxyl groups is 1. The summed E-state index contributed by atoms with van der Waals surface area (Å²) in [6.07, 6.45) is 0. The van der Waals surface area contributed by atoms with Gasteiger partial charge in [0, 0.05) is 9.90 Å². The van der Waals surface area contributed by atoms with Gasteiger partial charge in [-0.05, 0) is 40.2 Å². The van der Waals surface area contributed by atoms with E-state index in [9.17, 15) is 8.42 Å². The molecule has 1 aromatic carbocycles. The minimum absolute atomic E-state index is 0.0533. The van der Waals surface area contributed by atoms with Gasteiger partial charge in [-0.2, -0.15) is 0 Å². The zero-order valence-electron chi connectivity index (χ0n) is 9.73. The van der Waals surface area contributed by atoms with Crippen molar-refractivity contribution < 1.29 is 13.5 Å². The van der Waals surface area contributed by atoms with E-state index in [1.54, 1.807) is 0 Å². The summed E-state index contributed by atoms with van der Waals surface area (Å²) < 4.78 is 27.4. The molecule has 20 heavy (non-hydrogen) atoms. The van der Waals surface area contributed by atoms with Crippen LogP contribution in [0.25, 0.3) is 0 Å². The molecule has 0 radical (unpaired) electrons. The number of anilines is 1. The van der Waals surface area contributed by atoms with E-state index in [2.05, 4.69) is 20.7 Å². The van der Waals surface area contributed by atoms with Gasteiger partial charge in [0.15, 0.2) is 0 Å². The van der Waals surface area contributed by atoms with Crippen LogP contribution in [0.3, 0.4) is 0 Å². The van der Waals surface area contributed by atoms with Crippen molar-refractivity contribution in [3.05, 3.63) is 43.0 Å². The molecule has 2 aromatic rings. The molecule has 0 spiro atoms. The molecule has 0 fully saturated rings. The third-order valence-corrected chi connectivity index (χ3v) is 6.48. The summed E-state index contributed by atoms with van der Waals surface area (Å²) in [5.74, 6) is 0. The average molecular weight is 417 g/mol. The molecule has 108 valence electrons. The lowest BCUT2D eigenvalue weighted by atomic mass is 10.3. The minimum Gasteiger partial charge on any atom is -0.391 e. The SMILES string of the molecule is O=S(=O)(Nc1ccc(Cl)cc1Cl)c1cc(CO)sc1Br. The van der Waals surface area contributed by atoms with Crippen LogP contribution in [0.4, 0.5) is 5.69 Å². The molecule has 1 aromatic heterocycles. The Kier molecular flexibility index (Phi) is 4.99. The molecule has 0 saturated carbocycles. The molecule has 0 aliphatic rings. The minimum atomic E-state index is -3.79. The van der Waals surface area contributed by atoms with Crippen LogP contribution in [0, 0.1) is 0 Å². The zero-order chi connectivity index (χ0) is 14.9. The fourth-order valence-electron chi connectivity index (χ4n) is 1.43. The number of rotatable bonds is 4. The van der Waals surface area contributed by atoms with E-state index >= 15 is 0 Å². The molecule has 2 rings (SSSR count). The third-order valence-electron chi connectivity index (χ3n) is 2.33. The van der Waals surface area contributed by atoms with Crippen LogP contribution in [0.15, 0.2) is 32.9 Å². The lowest BCUT2D eigenvalue weighted by Gasteiger charge is -2.09. The van der Waals surface area contributed by atoms with Crippen LogP contribution in [0.1, 0.15) is 4.88 Å². The summed E-state index contributed by atoms with van der Waals surface area (Å²) in [6.45, 7) is -0.222. The van der Waals surface area contributed by atoms with Gasteiger partial charge in [0.1, 0.15) is 4.90 Å². The average Bonchev–Trinajstić information content (AvgIpc) is 2.75. The van der Waals surface area contributed by atoms with Crippen LogP contribution in [0.2, 0.25) is 10.0 Å². The molecular weight excluding hydrogens is 409 g/mol. The van der Waals surface area contributed by atoms with Gasteiger partial charge < -0.3 is 5.11 Å². The van der Waals surface area contributed by atoms with Crippen LogP contribution in [-0.4, -0.2) is 13.5 Å². The standard InChI is InChI=1S/C11H8BrCl2NO3S2/c12-11-10(4-7(5-16)19-11)20(17,18)15-9-2-1-6(13)3-8(9)14/h1-4,15-16H,5H2. The summed E-state index contributed by atoms with van der Waals surface area (Å²) in [6, 6.07) is 5.87. The molecule has 0 atom stereocenters. The topological polar surface area (TPSA) is 66.4 Å². The first kappa shape index (κ1) is 16.1. The maximum atomic E-state index is 12.3. The van der Waals surface area contributed by atoms with Gasteiger partial charge in [0.05, 0.1) is 21.1 Å². The predicted octanol–water partition coefficient (Wildman–Crippen LogP) is 4.11. The van der Waals surface area contributed by atoms with Gasteiger partial charge >= 0.3 is 0 Å². The Labute approximate surface area is 138 Å². The summed E-state index contributed by atoms with van der Waals surface area (Å²) in [5, 5.41) is 9.66. The number of nitrogens with one attached hydrogen (secondary N) is 1. The molecule has 0 saturated heterocycles. The second kappa shape index (κ2) is 6.21. The Morgan fingerprint density at radius 3 is 2.55 bits per heavy atom. The Morgan fingerprint density at radius 1 is 1.30 bits per heavy atom. The van der Waals surface area contributed by atoms with Crippen molar-refractivity contribution in [1.82, 2.24) is 0 Å². The summed E-state index contributed by atoms with van der Waals surface area (Å²) in [7, 11) is -3.79. The molecule has 0 unspecified atom stereocenters. The first-order valence-electron chi connectivity index (χ1n) is 5.20. The number of thiophene rings is 1. The first-order valence-corrected chi connectivity index (χ1v) is 9.05. The van der Waals surface area contributed by atoms with E-state index in [0.717, 1.165) is 11.3 Å². The molecular formula is C11H8BrCl2NO3S2. The van der Waals surface area contributed by atoms with E-state index in [0.29, 0.717) is 13.7 Å². The van der Waals surface area contributed by atoms with E-state index in [4.69, 9.17) is 28.3 Å². The fourth-order valence-corrected chi connectivity index (χ4v) is 5.57.